The van der Waals surface area contributed by atoms with Crippen LogP contribution in [0, 0.1) is 0 Å². The molecule has 0 aliphatic rings. The molecule has 0 saturated heterocycles. The first-order valence-corrected chi connectivity index (χ1v) is 7.82. The van der Waals surface area contributed by atoms with Crippen LogP contribution in [0.3, 0.4) is 0 Å². The molecule has 0 aromatic heterocycles. The molecule has 0 aliphatic carbocycles. The van der Waals surface area contributed by atoms with E-state index in [0.29, 0.717) is 24.7 Å². The Labute approximate surface area is 115 Å². The van der Waals surface area contributed by atoms with Crippen molar-refractivity contribution in [2.24, 2.45) is 0 Å². The standard InChI is InChI=1S/C13H22N2O3S/c1-4-18-10-11(2)15-19(16,17)13-8-6-5-7-12(13)9-14-3/h5-8,11,14-15H,4,9-10H2,1-3H3. The van der Waals surface area contributed by atoms with E-state index in [2.05, 4.69) is 10.0 Å². The third-order valence-electron chi connectivity index (χ3n) is 2.56. The lowest BCUT2D eigenvalue weighted by atomic mass is 10.2. The van der Waals surface area contributed by atoms with E-state index in [1.165, 1.54) is 0 Å². The number of benzene rings is 1. The molecular formula is C13H22N2O3S. The largest absolute Gasteiger partial charge is 0.380 e. The van der Waals surface area contributed by atoms with Crippen LogP contribution in [0.2, 0.25) is 0 Å². The molecule has 1 aromatic carbocycles. The Hall–Kier alpha value is -0.950. The van der Waals surface area contributed by atoms with Gasteiger partial charge in [-0.05, 0) is 32.5 Å². The molecule has 1 unspecified atom stereocenters. The van der Waals surface area contributed by atoms with Crippen molar-refractivity contribution >= 4 is 10.0 Å². The molecule has 0 fully saturated rings. The minimum atomic E-state index is -3.51. The highest BCUT2D eigenvalue weighted by Crippen LogP contribution is 2.15. The van der Waals surface area contributed by atoms with Crippen molar-refractivity contribution in [2.45, 2.75) is 31.3 Å². The minimum absolute atomic E-state index is 0.257. The summed E-state index contributed by atoms with van der Waals surface area (Å²) in [5, 5.41) is 2.97. The molecule has 0 bridgehead atoms. The van der Waals surface area contributed by atoms with Crippen LogP contribution in [0.4, 0.5) is 0 Å². The SMILES string of the molecule is CCOCC(C)NS(=O)(=O)c1ccccc1CNC. The molecule has 6 heteroatoms. The number of hydrogen-bond donors (Lipinski definition) is 2. The summed E-state index contributed by atoms with van der Waals surface area (Å²) in [5.74, 6) is 0. The summed E-state index contributed by atoms with van der Waals surface area (Å²) in [5.41, 5.74) is 0.751. The number of ether oxygens (including phenoxy) is 1. The highest BCUT2D eigenvalue weighted by Gasteiger charge is 2.20. The van der Waals surface area contributed by atoms with Crippen molar-refractivity contribution in [2.75, 3.05) is 20.3 Å². The van der Waals surface area contributed by atoms with Gasteiger partial charge in [0.25, 0.3) is 0 Å². The van der Waals surface area contributed by atoms with Crippen molar-refractivity contribution in [3.63, 3.8) is 0 Å². The average Bonchev–Trinajstić information content (AvgIpc) is 2.37. The van der Waals surface area contributed by atoms with Gasteiger partial charge in [-0.25, -0.2) is 13.1 Å². The first-order valence-electron chi connectivity index (χ1n) is 6.33. The molecule has 1 atom stereocenters. The zero-order valence-corrected chi connectivity index (χ0v) is 12.5. The summed E-state index contributed by atoms with van der Waals surface area (Å²) in [6, 6.07) is 6.71. The lowest BCUT2D eigenvalue weighted by Gasteiger charge is -2.16. The van der Waals surface area contributed by atoms with E-state index in [1.54, 1.807) is 32.2 Å². The molecule has 0 amide bonds. The molecule has 1 aromatic rings. The van der Waals surface area contributed by atoms with E-state index in [1.807, 2.05) is 13.0 Å². The molecule has 2 N–H and O–H groups in total. The maximum Gasteiger partial charge on any atom is 0.241 e. The lowest BCUT2D eigenvalue weighted by molar-refractivity contribution is 0.133. The topological polar surface area (TPSA) is 67.4 Å². The Bertz CT molecular complexity index is 488. The molecule has 1 rings (SSSR count). The predicted molar refractivity (Wildman–Crippen MR) is 75.5 cm³/mol. The van der Waals surface area contributed by atoms with Gasteiger partial charge in [-0.2, -0.15) is 0 Å². The van der Waals surface area contributed by atoms with Crippen LogP contribution < -0.4 is 10.0 Å². The first kappa shape index (κ1) is 16.1. The van der Waals surface area contributed by atoms with Crippen molar-refractivity contribution < 1.29 is 13.2 Å². The molecule has 19 heavy (non-hydrogen) atoms. The van der Waals surface area contributed by atoms with Gasteiger partial charge in [0.05, 0.1) is 11.5 Å². The molecule has 0 radical (unpaired) electrons. The second kappa shape index (κ2) is 7.59. The summed E-state index contributed by atoms with van der Waals surface area (Å²) in [6.07, 6.45) is 0. The summed E-state index contributed by atoms with van der Waals surface area (Å²) in [6.45, 7) is 5.11. The lowest BCUT2D eigenvalue weighted by Crippen LogP contribution is -2.36. The van der Waals surface area contributed by atoms with Gasteiger partial charge in [0.2, 0.25) is 10.0 Å². The number of nitrogens with one attached hydrogen (secondary N) is 2. The molecule has 108 valence electrons. The third-order valence-corrected chi connectivity index (χ3v) is 4.25. The van der Waals surface area contributed by atoms with Crippen LogP contribution in [-0.2, 0) is 21.3 Å². The molecule has 0 aliphatic heterocycles. The molecular weight excluding hydrogens is 264 g/mol. The average molecular weight is 286 g/mol. The smallest absolute Gasteiger partial charge is 0.241 e. The minimum Gasteiger partial charge on any atom is -0.380 e. The number of hydrogen-bond acceptors (Lipinski definition) is 4. The van der Waals surface area contributed by atoms with E-state index < -0.39 is 10.0 Å². The number of sulfonamides is 1. The third kappa shape index (κ3) is 4.91. The van der Waals surface area contributed by atoms with E-state index in [-0.39, 0.29) is 6.04 Å². The highest BCUT2D eigenvalue weighted by atomic mass is 32.2. The Kier molecular flexibility index (Phi) is 6.44. The zero-order chi connectivity index (χ0) is 14.3. The van der Waals surface area contributed by atoms with Gasteiger partial charge < -0.3 is 10.1 Å². The Morgan fingerprint density at radius 3 is 2.63 bits per heavy atom. The van der Waals surface area contributed by atoms with Gasteiger partial charge >= 0.3 is 0 Å². The van der Waals surface area contributed by atoms with E-state index >= 15 is 0 Å². The van der Waals surface area contributed by atoms with Crippen molar-refractivity contribution in [1.29, 1.82) is 0 Å². The second-order valence-electron chi connectivity index (χ2n) is 4.32. The second-order valence-corrected chi connectivity index (χ2v) is 6.00. The highest BCUT2D eigenvalue weighted by molar-refractivity contribution is 7.89. The summed E-state index contributed by atoms with van der Waals surface area (Å²) in [7, 11) is -1.73. The van der Waals surface area contributed by atoms with E-state index in [0.717, 1.165) is 5.56 Å². The Morgan fingerprint density at radius 1 is 1.32 bits per heavy atom. The van der Waals surface area contributed by atoms with Crippen LogP contribution in [0.15, 0.2) is 29.2 Å². The van der Waals surface area contributed by atoms with Crippen LogP contribution in [0.1, 0.15) is 19.4 Å². The van der Waals surface area contributed by atoms with Crippen molar-refractivity contribution in [3.05, 3.63) is 29.8 Å². The van der Waals surface area contributed by atoms with Gasteiger partial charge in [0.1, 0.15) is 0 Å². The van der Waals surface area contributed by atoms with Gasteiger partial charge in [-0.3, -0.25) is 0 Å². The molecule has 0 heterocycles. The monoisotopic (exact) mass is 286 g/mol. The van der Waals surface area contributed by atoms with Gasteiger partial charge in [-0.15, -0.1) is 0 Å². The molecule has 5 nitrogen and oxygen atoms in total. The van der Waals surface area contributed by atoms with Crippen LogP contribution in [0.5, 0.6) is 0 Å². The molecule has 0 saturated carbocycles. The Balaban J connectivity index is 2.88. The van der Waals surface area contributed by atoms with E-state index in [9.17, 15) is 8.42 Å². The normalized spacial score (nSPS) is 13.4. The predicted octanol–water partition coefficient (Wildman–Crippen LogP) is 1.11. The van der Waals surface area contributed by atoms with Crippen LogP contribution in [0.25, 0.3) is 0 Å². The fourth-order valence-electron chi connectivity index (χ4n) is 1.76. The maximum atomic E-state index is 12.3. The Morgan fingerprint density at radius 2 is 2.00 bits per heavy atom. The zero-order valence-electron chi connectivity index (χ0n) is 11.6. The van der Waals surface area contributed by atoms with Crippen LogP contribution >= 0.6 is 0 Å². The molecule has 0 spiro atoms. The quantitative estimate of drug-likeness (QED) is 0.751. The van der Waals surface area contributed by atoms with Crippen molar-refractivity contribution in [1.82, 2.24) is 10.0 Å². The first-order chi connectivity index (χ1) is 9.01. The van der Waals surface area contributed by atoms with Gasteiger partial charge in [-0.1, -0.05) is 18.2 Å². The maximum absolute atomic E-state index is 12.3. The van der Waals surface area contributed by atoms with Crippen molar-refractivity contribution in [3.8, 4) is 0 Å². The van der Waals surface area contributed by atoms with Gasteiger partial charge in [0, 0.05) is 19.2 Å². The summed E-state index contributed by atoms with van der Waals surface area (Å²) < 4.78 is 32.5. The fraction of sp³-hybridized carbons (Fsp3) is 0.538. The van der Waals surface area contributed by atoms with Crippen LogP contribution in [-0.4, -0.2) is 34.7 Å². The summed E-state index contributed by atoms with van der Waals surface area (Å²) >= 11 is 0. The number of rotatable bonds is 8. The van der Waals surface area contributed by atoms with E-state index in [4.69, 9.17) is 4.74 Å². The van der Waals surface area contributed by atoms with Gasteiger partial charge in [0.15, 0.2) is 0 Å². The fourth-order valence-corrected chi connectivity index (χ4v) is 3.23. The summed E-state index contributed by atoms with van der Waals surface area (Å²) in [4.78, 5) is 0.313.